The first-order chi connectivity index (χ1) is 6.63. The highest BCUT2D eigenvalue weighted by molar-refractivity contribution is 5.73. The van der Waals surface area contributed by atoms with Gasteiger partial charge in [0.1, 0.15) is 11.5 Å². The number of ether oxygens (including phenoxy) is 1. The van der Waals surface area contributed by atoms with Crippen molar-refractivity contribution in [3.63, 3.8) is 0 Å². The van der Waals surface area contributed by atoms with E-state index < -0.39 is 5.97 Å². The molecule has 0 bridgehead atoms. The molecule has 1 rings (SSSR count). The van der Waals surface area contributed by atoms with E-state index in [1.165, 1.54) is 18.2 Å². The molecule has 0 aromatic heterocycles. The lowest BCUT2D eigenvalue weighted by atomic mass is 10.1. The SMILES string of the molecule is CCOC(=O)Cc1cc(O)ccc1O. The van der Waals surface area contributed by atoms with Gasteiger partial charge in [-0.1, -0.05) is 0 Å². The van der Waals surface area contributed by atoms with Crippen molar-refractivity contribution < 1.29 is 19.7 Å². The highest BCUT2D eigenvalue weighted by Gasteiger charge is 2.08. The minimum absolute atomic E-state index is 0.0158. The molecule has 1 aromatic rings. The molecule has 0 saturated carbocycles. The molecule has 14 heavy (non-hydrogen) atoms. The van der Waals surface area contributed by atoms with Crippen LogP contribution in [0.2, 0.25) is 0 Å². The zero-order valence-corrected chi connectivity index (χ0v) is 7.86. The average Bonchev–Trinajstić information content (AvgIpc) is 2.12. The van der Waals surface area contributed by atoms with Crippen LogP contribution >= 0.6 is 0 Å². The normalized spacial score (nSPS) is 9.79. The summed E-state index contributed by atoms with van der Waals surface area (Å²) in [5, 5.41) is 18.5. The molecule has 0 aliphatic carbocycles. The molecule has 0 fully saturated rings. The number of esters is 1. The van der Waals surface area contributed by atoms with Gasteiger partial charge in [0, 0.05) is 5.56 Å². The van der Waals surface area contributed by atoms with Crippen molar-refractivity contribution >= 4 is 5.97 Å². The van der Waals surface area contributed by atoms with Crippen LogP contribution in [0.3, 0.4) is 0 Å². The van der Waals surface area contributed by atoms with Crippen LogP contribution in [0.5, 0.6) is 11.5 Å². The van der Waals surface area contributed by atoms with E-state index >= 15 is 0 Å². The molecule has 2 N–H and O–H groups in total. The predicted molar refractivity (Wildman–Crippen MR) is 50.1 cm³/mol. The third-order valence-corrected chi connectivity index (χ3v) is 1.70. The molecule has 4 nitrogen and oxygen atoms in total. The largest absolute Gasteiger partial charge is 0.508 e. The topological polar surface area (TPSA) is 66.8 Å². The Morgan fingerprint density at radius 2 is 2.14 bits per heavy atom. The Hall–Kier alpha value is -1.71. The van der Waals surface area contributed by atoms with E-state index in [2.05, 4.69) is 0 Å². The van der Waals surface area contributed by atoms with Crippen molar-refractivity contribution in [3.05, 3.63) is 23.8 Å². The van der Waals surface area contributed by atoms with Crippen LogP contribution in [-0.4, -0.2) is 22.8 Å². The van der Waals surface area contributed by atoms with Gasteiger partial charge >= 0.3 is 5.97 Å². The summed E-state index contributed by atoms with van der Waals surface area (Å²) in [6.07, 6.45) is -0.0337. The number of benzene rings is 1. The van der Waals surface area contributed by atoms with Crippen molar-refractivity contribution in [1.82, 2.24) is 0 Å². The zero-order valence-electron chi connectivity index (χ0n) is 7.86. The summed E-state index contributed by atoms with van der Waals surface area (Å²) >= 11 is 0. The van der Waals surface area contributed by atoms with Gasteiger partial charge in [0.05, 0.1) is 13.0 Å². The number of hydrogen-bond acceptors (Lipinski definition) is 4. The lowest BCUT2D eigenvalue weighted by molar-refractivity contribution is -0.142. The Labute approximate surface area is 81.8 Å². The molecule has 4 heteroatoms. The maximum absolute atomic E-state index is 11.1. The summed E-state index contributed by atoms with van der Waals surface area (Å²) in [5.41, 5.74) is 0.364. The second-order valence-electron chi connectivity index (χ2n) is 2.79. The predicted octanol–water partition coefficient (Wildman–Crippen LogP) is 1.20. The number of aromatic hydroxyl groups is 2. The lowest BCUT2D eigenvalue weighted by Gasteiger charge is -2.04. The Kier molecular flexibility index (Phi) is 3.34. The first kappa shape index (κ1) is 10.4. The number of carbonyl (C=O) groups excluding carboxylic acids is 1. The third-order valence-electron chi connectivity index (χ3n) is 1.70. The van der Waals surface area contributed by atoms with Crippen LogP contribution in [0.4, 0.5) is 0 Å². The van der Waals surface area contributed by atoms with Gasteiger partial charge in [-0.25, -0.2) is 0 Å². The van der Waals surface area contributed by atoms with Gasteiger partial charge in [-0.3, -0.25) is 4.79 Å². The number of phenolic OH excluding ortho intramolecular Hbond substituents is 2. The highest BCUT2D eigenvalue weighted by Crippen LogP contribution is 2.22. The molecule has 0 spiro atoms. The molecule has 0 saturated heterocycles. The minimum Gasteiger partial charge on any atom is -0.508 e. The van der Waals surface area contributed by atoms with Crippen LogP contribution in [-0.2, 0) is 16.0 Å². The second-order valence-corrected chi connectivity index (χ2v) is 2.79. The van der Waals surface area contributed by atoms with E-state index in [1.54, 1.807) is 6.92 Å². The highest BCUT2D eigenvalue weighted by atomic mass is 16.5. The second kappa shape index (κ2) is 4.50. The Bertz CT molecular complexity index is 333. The van der Waals surface area contributed by atoms with E-state index in [0.29, 0.717) is 12.2 Å². The summed E-state index contributed by atoms with van der Waals surface area (Å²) < 4.78 is 4.71. The van der Waals surface area contributed by atoms with Gasteiger partial charge in [-0.05, 0) is 25.1 Å². The van der Waals surface area contributed by atoms with Crippen molar-refractivity contribution in [3.8, 4) is 11.5 Å². The minimum atomic E-state index is -0.423. The maximum atomic E-state index is 11.1. The Balaban J connectivity index is 2.75. The Morgan fingerprint density at radius 1 is 1.43 bits per heavy atom. The molecule has 76 valence electrons. The van der Waals surface area contributed by atoms with E-state index in [9.17, 15) is 9.90 Å². The fraction of sp³-hybridized carbons (Fsp3) is 0.300. The summed E-state index contributed by atoms with van der Waals surface area (Å²) in [6, 6.07) is 4.03. The van der Waals surface area contributed by atoms with E-state index in [-0.39, 0.29) is 17.9 Å². The molecular formula is C10H12O4. The zero-order chi connectivity index (χ0) is 10.6. The van der Waals surface area contributed by atoms with Gasteiger partial charge in [0.2, 0.25) is 0 Å². The standard InChI is InChI=1S/C10H12O4/c1-2-14-10(13)6-7-5-8(11)3-4-9(7)12/h3-5,11-12H,2,6H2,1H3. The van der Waals surface area contributed by atoms with Crippen molar-refractivity contribution in [1.29, 1.82) is 0 Å². The molecule has 0 radical (unpaired) electrons. The number of carbonyl (C=O) groups is 1. The van der Waals surface area contributed by atoms with Crippen LogP contribution < -0.4 is 0 Å². The van der Waals surface area contributed by atoms with Crippen molar-refractivity contribution in [2.75, 3.05) is 6.61 Å². The summed E-state index contributed by atoms with van der Waals surface area (Å²) in [7, 11) is 0. The Morgan fingerprint density at radius 3 is 2.79 bits per heavy atom. The van der Waals surface area contributed by atoms with E-state index in [0.717, 1.165) is 0 Å². The van der Waals surface area contributed by atoms with Crippen LogP contribution in [0.25, 0.3) is 0 Å². The van der Waals surface area contributed by atoms with Gasteiger partial charge in [-0.2, -0.15) is 0 Å². The van der Waals surface area contributed by atoms with Crippen molar-refractivity contribution in [2.45, 2.75) is 13.3 Å². The molecule has 0 aliphatic rings. The van der Waals surface area contributed by atoms with Crippen LogP contribution in [0.15, 0.2) is 18.2 Å². The van der Waals surface area contributed by atoms with Gasteiger partial charge < -0.3 is 14.9 Å². The lowest BCUT2D eigenvalue weighted by Crippen LogP contribution is -2.07. The monoisotopic (exact) mass is 196 g/mol. The summed E-state index contributed by atoms with van der Waals surface area (Å²) in [4.78, 5) is 11.1. The van der Waals surface area contributed by atoms with Crippen LogP contribution in [0, 0.1) is 0 Å². The molecule has 0 unspecified atom stereocenters. The quantitative estimate of drug-likeness (QED) is 0.563. The smallest absolute Gasteiger partial charge is 0.310 e. The van der Waals surface area contributed by atoms with Gasteiger partial charge in [0.15, 0.2) is 0 Å². The van der Waals surface area contributed by atoms with Crippen LogP contribution in [0.1, 0.15) is 12.5 Å². The fourth-order valence-electron chi connectivity index (χ4n) is 1.08. The molecule has 0 amide bonds. The van der Waals surface area contributed by atoms with Gasteiger partial charge in [-0.15, -0.1) is 0 Å². The third kappa shape index (κ3) is 2.65. The summed E-state index contributed by atoms with van der Waals surface area (Å²) in [6.45, 7) is 2.01. The molecular weight excluding hydrogens is 184 g/mol. The fourth-order valence-corrected chi connectivity index (χ4v) is 1.08. The first-order valence-electron chi connectivity index (χ1n) is 4.30. The maximum Gasteiger partial charge on any atom is 0.310 e. The molecule has 0 aliphatic heterocycles. The first-order valence-corrected chi connectivity index (χ1v) is 4.30. The number of rotatable bonds is 3. The average molecular weight is 196 g/mol. The number of phenols is 2. The van der Waals surface area contributed by atoms with E-state index in [1.807, 2.05) is 0 Å². The molecule has 0 atom stereocenters. The van der Waals surface area contributed by atoms with E-state index in [4.69, 9.17) is 9.84 Å². The van der Waals surface area contributed by atoms with Gasteiger partial charge in [0.25, 0.3) is 0 Å². The molecule has 0 heterocycles. The molecule has 1 aromatic carbocycles. The summed E-state index contributed by atoms with van der Waals surface area (Å²) in [5.74, 6) is -0.425. The number of hydrogen-bond donors (Lipinski definition) is 2. The van der Waals surface area contributed by atoms with Crippen molar-refractivity contribution in [2.24, 2.45) is 0 Å².